The number of rotatable bonds is 5. The van der Waals surface area contributed by atoms with Crippen molar-refractivity contribution in [2.45, 2.75) is 39.3 Å². The second-order valence-corrected chi connectivity index (χ2v) is 5.17. The van der Waals surface area contributed by atoms with Gasteiger partial charge in [-0.1, -0.05) is 6.92 Å². The van der Waals surface area contributed by atoms with E-state index >= 15 is 0 Å². The molecule has 1 aromatic rings. The fourth-order valence-corrected chi connectivity index (χ4v) is 1.62. The van der Waals surface area contributed by atoms with Crippen LogP contribution in [0.2, 0.25) is 0 Å². The molecule has 0 saturated carbocycles. The SMILES string of the molecule is CCC(C)NC(=O)C(C)Nc1ccc(Br)c(F)c1. The molecule has 2 atom stereocenters. The number of carbonyl (C=O) groups is 1. The zero-order valence-corrected chi connectivity index (χ0v) is 12.3. The number of carbonyl (C=O) groups excluding carboxylic acids is 1. The van der Waals surface area contributed by atoms with E-state index in [1.807, 2.05) is 13.8 Å². The molecule has 0 aliphatic rings. The van der Waals surface area contributed by atoms with Crippen molar-refractivity contribution in [2.24, 2.45) is 0 Å². The second-order valence-electron chi connectivity index (χ2n) is 4.31. The van der Waals surface area contributed by atoms with Crippen molar-refractivity contribution in [2.75, 3.05) is 5.32 Å². The van der Waals surface area contributed by atoms with Crippen LogP contribution in [-0.2, 0) is 4.79 Å². The van der Waals surface area contributed by atoms with Gasteiger partial charge in [0.1, 0.15) is 11.9 Å². The molecular formula is C13H18BrFN2O. The molecule has 2 unspecified atom stereocenters. The molecule has 0 radical (unpaired) electrons. The quantitative estimate of drug-likeness (QED) is 0.875. The molecule has 1 aromatic carbocycles. The Morgan fingerprint density at radius 3 is 2.67 bits per heavy atom. The molecule has 0 heterocycles. The summed E-state index contributed by atoms with van der Waals surface area (Å²) in [7, 11) is 0. The molecule has 0 bridgehead atoms. The Labute approximate surface area is 115 Å². The maximum absolute atomic E-state index is 13.3. The Bertz CT molecular complexity index is 425. The predicted octanol–water partition coefficient (Wildman–Crippen LogP) is 3.30. The van der Waals surface area contributed by atoms with E-state index in [0.29, 0.717) is 10.2 Å². The van der Waals surface area contributed by atoms with E-state index < -0.39 is 6.04 Å². The zero-order valence-electron chi connectivity index (χ0n) is 10.8. The van der Waals surface area contributed by atoms with Crippen LogP contribution in [0.1, 0.15) is 27.2 Å². The standard InChI is InChI=1S/C13H18BrFN2O/c1-4-8(2)16-13(18)9(3)17-10-5-6-11(14)12(15)7-10/h5-9,17H,4H2,1-3H3,(H,16,18). The molecule has 5 heteroatoms. The highest BCUT2D eigenvalue weighted by molar-refractivity contribution is 9.10. The highest BCUT2D eigenvalue weighted by atomic mass is 79.9. The second kappa shape index (κ2) is 6.73. The molecule has 0 saturated heterocycles. The third-order valence-electron chi connectivity index (χ3n) is 2.70. The van der Waals surface area contributed by atoms with E-state index in [4.69, 9.17) is 0 Å². The van der Waals surface area contributed by atoms with Crippen molar-refractivity contribution < 1.29 is 9.18 Å². The Morgan fingerprint density at radius 1 is 1.44 bits per heavy atom. The molecule has 18 heavy (non-hydrogen) atoms. The van der Waals surface area contributed by atoms with Crippen LogP contribution >= 0.6 is 15.9 Å². The van der Waals surface area contributed by atoms with Crippen molar-refractivity contribution in [3.05, 3.63) is 28.5 Å². The lowest BCUT2D eigenvalue weighted by molar-refractivity contribution is -0.122. The van der Waals surface area contributed by atoms with Crippen LogP contribution in [0, 0.1) is 5.82 Å². The number of amides is 1. The van der Waals surface area contributed by atoms with Gasteiger partial charge < -0.3 is 10.6 Å². The molecule has 0 aliphatic heterocycles. The topological polar surface area (TPSA) is 41.1 Å². The van der Waals surface area contributed by atoms with Crippen molar-refractivity contribution >= 4 is 27.5 Å². The van der Waals surface area contributed by atoms with Crippen LogP contribution in [0.4, 0.5) is 10.1 Å². The summed E-state index contributed by atoms with van der Waals surface area (Å²) in [5.74, 6) is -0.442. The minimum Gasteiger partial charge on any atom is -0.374 e. The highest BCUT2D eigenvalue weighted by Crippen LogP contribution is 2.19. The van der Waals surface area contributed by atoms with Crippen LogP contribution in [0.25, 0.3) is 0 Å². The van der Waals surface area contributed by atoms with Crippen LogP contribution in [0.15, 0.2) is 22.7 Å². The number of hydrogen-bond donors (Lipinski definition) is 2. The maximum Gasteiger partial charge on any atom is 0.242 e. The number of nitrogens with one attached hydrogen (secondary N) is 2. The van der Waals surface area contributed by atoms with E-state index in [1.54, 1.807) is 19.1 Å². The van der Waals surface area contributed by atoms with Gasteiger partial charge in [0.25, 0.3) is 0 Å². The highest BCUT2D eigenvalue weighted by Gasteiger charge is 2.14. The van der Waals surface area contributed by atoms with Gasteiger partial charge in [-0.15, -0.1) is 0 Å². The molecular weight excluding hydrogens is 299 g/mol. The monoisotopic (exact) mass is 316 g/mol. The Hall–Kier alpha value is -1.10. The van der Waals surface area contributed by atoms with E-state index in [2.05, 4.69) is 26.6 Å². The Morgan fingerprint density at radius 2 is 2.11 bits per heavy atom. The first-order valence-electron chi connectivity index (χ1n) is 5.96. The van der Waals surface area contributed by atoms with Gasteiger partial charge in [-0.25, -0.2) is 4.39 Å². The van der Waals surface area contributed by atoms with E-state index in [-0.39, 0.29) is 17.8 Å². The molecule has 3 nitrogen and oxygen atoms in total. The molecule has 100 valence electrons. The van der Waals surface area contributed by atoms with Gasteiger partial charge in [0, 0.05) is 11.7 Å². The summed E-state index contributed by atoms with van der Waals surface area (Å²) in [6.07, 6.45) is 0.880. The number of hydrogen-bond acceptors (Lipinski definition) is 2. The van der Waals surface area contributed by atoms with E-state index in [9.17, 15) is 9.18 Å². The molecule has 2 N–H and O–H groups in total. The summed E-state index contributed by atoms with van der Waals surface area (Å²) >= 11 is 3.08. The van der Waals surface area contributed by atoms with Crippen LogP contribution in [-0.4, -0.2) is 18.0 Å². The predicted molar refractivity (Wildman–Crippen MR) is 75.1 cm³/mol. The number of benzene rings is 1. The Kier molecular flexibility index (Phi) is 5.59. The summed E-state index contributed by atoms with van der Waals surface area (Å²) in [5.41, 5.74) is 0.586. The summed E-state index contributed by atoms with van der Waals surface area (Å²) < 4.78 is 13.7. The molecule has 0 aromatic heterocycles. The number of anilines is 1. The fraction of sp³-hybridized carbons (Fsp3) is 0.462. The minimum atomic E-state index is -0.403. The Balaban J connectivity index is 2.60. The zero-order chi connectivity index (χ0) is 13.7. The van der Waals surface area contributed by atoms with Gasteiger partial charge in [0.15, 0.2) is 0 Å². The summed E-state index contributed by atoms with van der Waals surface area (Å²) in [5, 5.41) is 5.84. The van der Waals surface area contributed by atoms with Gasteiger partial charge in [-0.05, 0) is 54.4 Å². The first kappa shape index (κ1) is 15.0. The van der Waals surface area contributed by atoms with Gasteiger partial charge >= 0.3 is 0 Å². The third kappa shape index (κ3) is 4.29. The first-order chi connectivity index (χ1) is 8.43. The smallest absolute Gasteiger partial charge is 0.242 e. The molecule has 0 aliphatic carbocycles. The van der Waals surface area contributed by atoms with Gasteiger partial charge in [-0.3, -0.25) is 4.79 Å². The van der Waals surface area contributed by atoms with Crippen molar-refractivity contribution in [3.63, 3.8) is 0 Å². The molecule has 1 amide bonds. The van der Waals surface area contributed by atoms with E-state index in [0.717, 1.165) is 6.42 Å². The molecule has 0 spiro atoms. The number of halogens is 2. The van der Waals surface area contributed by atoms with Gasteiger partial charge in [0.2, 0.25) is 5.91 Å². The summed E-state index contributed by atoms with van der Waals surface area (Å²) in [6, 6.07) is 4.43. The van der Waals surface area contributed by atoms with Crippen molar-refractivity contribution in [1.82, 2.24) is 5.32 Å². The largest absolute Gasteiger partial charge is 0.374 e. The maximum atomic E-state index is 13.3. The minimum absolute atomic E-state index is 0.0901. The summed E-state index contributed by atoms with van der Waals surface area (Å²) in [4.78, 5) is 11.8. The lowest BCUT2D eigenvalue weighted by Crippen LogP contribution is -2.41. The van der Waals surface area contributed by atoms with Crippen LogP contribution < -0.4 is 10.6 Å². The van der Waals surface area contributed by atoms with Gasteiger partial charge in [0.05, 0.1) is 4.47 Å². The molecule has 0 fully saturated rings. The average molecular weight is 317 g/mol. The third-order valence-corrected chi connectivity index (χ3v) is 3.34. The summed E-state index contributed by atoms with van der Waals surface area (Å²) in [6.45, 7) is 5.70. The lowest BCUT2D eigenvalue weighted by Gasteiger charge is -2.18. The van der Waals surface area contributed by atoms with Crippen molar-refractivity contribution in [3.8, 4) is 0 Å². The van der Waals surface area contributed by atoms with Crippen LogP contribution in [0.5, 0.6) is 0 Å². The van der Waals surface area contributed by atoms with Crippen molar-refractivity contribution in [1.29, 1.82) is 0 Å². The van der Waals surface area contributed by atoms with Crippen LogP contribution in [0.3, 0.4) is 0 Å². The molecule has 1 rings (SSSR count). The van der Waals surface area contributed by atoms with Gasteiger partial charge in [-0.2, -0.15) is 0 Å². The van der Waals surface area contributed by atoms with E-state index in [1.165, 1.54) is 6.07 Å². The normalized spacial score (nSPS) is 13.8. The lowest BCUT2D eigenvalue weighted by atomic mass is 10.2. The average Bonchev–Trinajstić information content (AvgIpc) is 2.33. The fourth-order valence-electron chi connectivity index (χ4n) is 1.37. The first-order valence-corrected chi connectivity index (χ1v) is 6.75.